The van der Waals surface area contributed by atoms with Crippen LogP contribution in [0.5, 0.6) is 0 Å². The molecule has 6 nitrogen and oxygen atoms in total. The highest BCUT2D eigenvalue weighted by molar-refractivity contribution is 5.26. The highest BCUT2D eigenvalue weighted by Crippen LogP contribution is 2.20. The van der Waals surface area contributed by atoms with Crippen LogP contribution in [0.2, 0.25) is 0 Å². The number of azide groups is 1. The Bertz CT molecular complexity index is 418. The van der Waals surface area contributed by atoms with Gasteiger partial charge in [-0.15, -0.1) is 0 Å². The quantitative estimate of drug-likeness (QED) is 0.384. The molecule has 0 heterocycles. The van der Waals surface area contributed by atoms with Crippen molar-refractivity contribution >= 4 is 0 Å². The van der Waals surface area contributed by atoms with E-state index >= 15 is 0 Å². The highest BCUT2D eigenvalue weighted by atomic mass is 16.3. The van der Waals surface area contributed by atoms with Crippen molar-refractivity contribution < 1.29 is 10.2 Å². The average Bonchev–Trinajstić information content (AvgIpc) is 2.39. The van der Waals surface area contributed by atoms with Crippen molar-refractivity contribution in [1.82, 2.24) is 0 Å². The minimum atomic E-state index is -0.975. The molecule has 0 radical (unpaired) electrons. The number of nitrogens with zero attached hydrogens (tertiary/aromatic N) is 3. The molecule has 0 aliphatic heterocycles. The second kappa shape index (κ2) is 7.68. The molecule has 0 amide bonds. The lowest BCUT2D eigenvalue weighted by Crippen LogP contribution is -2.19. The number of benzene rings is 1. The maximum Gasteiger partial charge on any atom is 0.105 e. The van der Waals surface area contributed by atoms with Crippen LogP contribution < -0.4 is 5.73 Å². The number of hydrogen-bond acceptors (Lipinski definition) is 4. The molecule has 4 N–H and O–H groups in total. The standard InChI is InChI=1S/C12H18N4O2/c13-6-4-9-2-1-3-10(8-9)12(18)11(17)5-7-15-16-14/h1-3,8,11-12,17-18H,4-7,13H2. The second-order valence-corrected chi connectivity index (χ2v) is 4.04. The normalized spacial score (nSPS) is 13.7. The smallest absolute Gasteiger partial charge is 0.105 e. The molecule has 0 bridgehead atoms. The van der Waals surface area contributed by atoms with Crippen LogP contribution in [0.1, 0.15) is 23.7 Å². The van der Waals surface area contributed by atoms with E-state index in [4.69, 9.17) is 11.3 Å². The molecule has 2 unspecified atom stereocenters. The van der Waals surface area contributed by atoms with Crippen molar-refractivity contribution in [3.05, 3.63) is 45.8 Å². The van der Waals surface area contributed by atoms with Gasteiger partial charge in [0, 0.05) is 11.5 Å². The molecule has 2 atom stereocenters. The van der Waals surface area contributed by atoms with E-state index in [9.17, 15) is 10.2 Å². The van der Waals surface area contributed by atoms with Crippen molar-refractivity contribution in [2.45, 2.75) is 25.0 Å². The molecule has 1 aromatic carbocycles. The monoisotopic (exact) mass is 250 g/mol. The fourth-order valence-corrected chi connectivity index (χ4v) is 1.71. The van der Waals surface area contributed by atoms with Gasteiger partial charge >= 0.3 is 0 Å². The first-order chi connectivity index (χ1) is 8.69. The Morgan fingerprint density at radius 2 is 2.17 bits per heavy atom. The van der Waals surface area contributed by atoms with Crippen molar-refractivity contribution in [1.29, 1.82) is 0 Å². The van der Waals surface area contributed by atoms with Crippen LogP contribution in [0.3, 0.4) is 0 Å². The second-order valence-electron chi connectivity index (χ2n) is 4.04. The van der Waals surface area contributed by atoms with Gasteiger partial charge in [0.15, 0.2) is 0 Å². The van der Waals surface area contributed by atoms with Gasteiger partial charge in [0.2, 0.25) is 0 Å². The fraction of sp³-hybridized carbons (Fsp3) is 0.500. The number of rotatable bonds is 7. The molecule has 0 aliphatic carbocycles. The van der Waals surface area contributed by atoms with Crippen LogP contribution in [0.4, 0.5) is 0 Å². The van der Waals surface area contributed by atoms with E-state index in [-0.39, 0.29) is 13.0 Å². The fourth-order valence-electron chi connectivity index (χ4n) is 1.71. The lowest BCUT2D eigenvalue weighted by molar-refractivity contribution is 0.0150. The lowest BCUT2D eigenvalue weighted by atomic mass is 9.99. The van der Waals surface area contributed by atoms with Crippen molar-refractivity contribution in [3.63, 3.8) is 0 Å². The Labute approximate surface area is 106 Å². The summed E-state index contributed by atoms with van der Waals surface area (Å²) in [6.07, 6.45) is -0.956. The predicted molar refractivity (Wildman–Crippen MR) is 68.8 cm³/mol. The Balaban J connectivity index is 2.66. The SMILES string of the molecule is [N-]=[N+]=NCCC(O)C(O)c1cccc(CCN)c1. The van der Waals surface area contributed by atoms with Gasteiger partial charge in [-0.25, -0.2) is 0 Å². The summed E-state index contributed by atoms with van der Waals surface area (Å²) in [6, 6.07) is 7.33. The third-order valence-electron chi connectivity index (χ3n) is 2.68. The third-order valence-corrected chi connectivity index (χ3v) is 2.68. The number of aliphatic hydroxyl groups excluding tert-OH is 2. The molecule has 18 heavy (non-hydrogen) atoms. The zero-order valence-corrected chi connectivity index (χ0v) is 10.1. The number of nitrogens with two attached hydrogens (primary N) is 1. The van der Waals surface area contributed by atoms with E-state index in [2.05, 4.69) is 10.0 Å². The van der Waals surface area contributed by atoms with Gasteiger partial charge in [-0.3, -0.25) is 0 Å². The van der Waals surface area contributed by atoms with Crippen LogP contribution in [-0.4, -0.2) is 29.4 Å². The van der Waals surface area contributed by atoms with Gasteiger partial charge in [0.1, 0.15) is 6.10 Å². The topological polar surface area (TPSA) is 115 Å². The molecular weight excluding hydrogens is 232 g/mol. The van der Waals surface area contributed by atoms with E-state index in [1.165, 1.54) is 0 Å². The molecule has 6 heteroatoms. The van der Waals surface area contributed by atoms with Crippen LogP contribution in [0.25, 0.3) is 10.4 Å². The van der Waals surface area contributed by atoms with E-state index < -0.39 is 12.2 Å². The number of aliphatic hydroxyl groups is 2. The van der Waals surface area contributed by atoms with E-state index in [1.807, 2.05) is 18.2 Å². The van der Waals surface area contributed by atoms with Crippen molar-refractivity contribution in [2.24, 2.45) is 10.8 Å². The van der Waals surface area contributed by atoms with E-state index in [0.717, 1.165) is 12.0 Å². The summed E-state index contributed by atoms with van der Waals surface area (Å²) in [5, 5.41) is 23.1. The Hall–Kier alpha value is -1.59. The molecule has 0 spiro atoms. The van der Waals surface area contributed by atoms with Gasteiger partial charge in [-0.05, 0) is 36.0 Å². The van der Waals surface area contributed by atoms with Gasteiger partial charge in [-0.2, -0.15) is 0 Å². The van der Waals surface area contributed by atoms with Crippen molar-refractivity contribution in [2.75, 3.05) is 13.1 Å². The van der Waals surface area contributed by atoms with Gasteiger partial charge in [0.05, 0.1) is 6.10 Å². The summed E-state index contributed by atoms with van der Waals surface area (Å²) in [4.78, 5) is 2.60. The summed E-state index contributed by atoms with van der Waals surface area (Å²) >= 11 is 0. The maximum atomic E-state index is 9.97. The first-order valence-corrected chi connectivity index (χ1v) is 5.85. The molecule has 1 rings (SSSR count). The summed E-state index contributed by atoms with van der Waals surface area (Å²) in [5.41, 5.74) is 15.3. The molecule has 0 aliphatic rings. The first-order valence-electron chi connectivity index (χ1n) is 5.85. The minimum Gasteiger partial charge on any atom is -0.390 e. The Morgan fingerprint density at radius 3 is 2.83 bits per heavy atom. The molecule has 98 valence electrons. The van der Waals surface area contributed by atoms with Crippen LogP contribution in [-0.2, 0) is 6.42 Å². The maximum absolute atomic E-state index is 9.97. The van der Waals surface area contributed by atoms with Crippen LogP contribution >= 0.6 is 0 Å². The van der Waals surface area contributed by atoms with Gasteiger partial charge < -0.3 is 15.9 Å². The summed E-state index contributed by atoms with van der Waals surface area (Å²) < 4.78 is 0. The summed E-state index contributed by atoms with van der Waals surface area (Å²) in [6.45, 7) is 0.705. The first kappa shape index (κ1) is 14.5. The van der Waals surface area contributed by atoms with Crippen LogP contribution in [0, 0.1) is 0 Å². The lowest BCUT2D eigenvalue weighted by Gasteiger charge is -2.18. The zero-order chi connectivity index (χ0) is 13.4. The van der Waals surface area contributed by atoms with Crippen LogP contribution in [0.15, 0.2) is 29.4 Å². The zero-order valence-electron chi connectivity index (χ0n) is 10.1. The predicted octanol–water partition coefficient (Wildman–Crippen LogP) is 1.28. The van der Waals surface area contributed by atoms with E-state index in [0.29, 0.717) is 12.1 Å². The Kier molecular flexibility index (Phi) is 6.18. The van der Waals surface area contributed by atoms with Gasteiger partial charge in [-0.1, -0.05) is 29.4 Å². The van der Waals surface area contributed by atoms with Crippen molar-refractivity contribution in [3.8, 4) is 0 Å². The minimum absolute atomic E-state index is 0.164. The highest BCUT2D eigenvalue weighted by Gasteiger charge is 2.17. The molecule has 0 aromatic heterocycles. The largest absolute Gasteiger partial charge is 0.390 e. The Morgan fingerprint density at radius 1 is 1.39 bits per heavy atom. The molecule has 0 fully saturated rings. The molecule has 1 aromatic rings. The summed E-state index contributed by atoms with van der Waals surface area (Å²) in [7, 11) is 0. The molecule has 0 saturated carbocycles. The molecular formula is C12H18N4O2. The van der Waals surface area contributed by atoms with E-state index in [1.54, 1.807) is 6.07 Å². The number of hydrogen-bond donors (Lipinski definition) is 3. The third kappa shape index (κ3) is 4.35. The van der Waals surface area contributed by atoms with Gasteiger partial charge in [0.25, 0.3) is 0 Å². The molecule has 0 saturated heterocycles. The average molecular weight is 250 g/mol. The summed E-state index contributed by atoms with van der Waals surface area (Å²) in [5.74, 6) is 0.